The lowest BCUT2D eigenvalue weighted by Crippen LogP contribution is -2.38. The summed E-state index contributed by atoms with van der Waals surface area (Å²) >= 11 is 0. The first kappa shape index (κ1) is 22.5. The van der Waals surface area contributed by atoms with Crippen molar-refractivity contribution in [1.82, 2.24) is 14.8 Å². The van der Waals surface area contributed by atoms with Gasteiger partial charge in [0.05, 0.1) is 18.4 Å². The standard InChI is InChI=1S/C24H29N3O4/c1-5-26(6-2)13-14-27-21(19-9-7-8-12-25-19)20(23(29)24(27)30)22(28)18-11-10-17(31-4)15-16(18)3/h7-12,15,21,28H,5-6,13-14H2,1-4H3/b22-20-. The Kier molecular flexibility index (Phi) is 7.07. The molecular formula is C24H29N3O4. The topological polar surface area (TPSA) is 83.0 Å². The predicted octanol–water partition coefficient (Wildman–Crippen LogP) is 3.16. The smallest absolute Gasteiger partial charge is 0.295 e. The zero-order chi connectivity index (χ0) is 22.5. The molecule has 7 nitrogen and oxygen atoms in total. The number of benzene rings is 1. The Morgan fingerprint density at radius 2 is 1.94 bits per heavy atom. The van der Waals surface area contributed by atoms with Crippen molar-refractivity contribution in [3.05, 3.63) is 65.0 Å². The Hall–Kier alpha value is -3.19. The molecule has 1 fully saturated rings. The third-order valence-corrected chi connectivity index (χ3v) is 5.75. The van der Waals surface area contributed by atoms with Crippen molar-refractivity contribution < 1.29 is 19.4 Å². The van der Waals surface area contributed by atoms with E-state index in [1.807, 2.05) is 13.0 Å². The summed E-state index contributed by atoms with van der Waals surface area (Å²) in [6.45, 7) is 8.63. The summed E-state index contributed by atoms with van der Waals surface area (Å²) < 4.78 is 5.23. The van der Waals surface area contributed by atoms with Gasteiger partial charge in [-0.3, -0.25) is 14.6 Å². The molecule has 1 saturated heterocycles. The number of carbonyl (C=O) groups excluding carboxylic acids is 2. The maximum absolute atomic E-state index is 13.1. The Bertz CT molecular complexity index is 984. The maximum atomic E-state index is 13.1. The lowest BCUT2D eigenvalue weighted by Gasteiger charge is -2.27. The molecule has 1 aliphatic heterocycles. The van der Waals surface area contributed by atoms with Gasteiger partial charge in [-0.15, -0.1) is 0 Å². The van der Waals surface area contributed by atoms with Crippen molar-refractivity contribution in [3.63, 3.8) is 0 Å². The van der Waals surface area contributed by atoms with E-state index in [4.69, 9.17) is 4.74 Å². The highest BCUT2D eigenvalue weighted by atomic mass is 16.5. The number of nitrogens with zero attached hydrogens (tertiary/aromatic N) is 3. The van der Waals surface area contributed by atoms with Gasteiger partial charge in [-0.25, -0.2) is 0 Å². The summed E-state index contributed by atoms with van der Waals surface area (Å²) in [6, 6.07) is 9.82. The van der Waals surface area contributed by atoms with Crippen molar-refractivity contribution in [2.24, 2.45) is 0 Å². The van der Waals surface area contributed by atoms with Gasteiger partial charge in [0.15, 0.2) is 0 Å². The summed E-state index contributed by atoms with van der Waals surface area (Å²) in [5.74, 6) is -0.854. The SMILES string of the molecule is CCN(CC)CCN1C(=O)C(=O)/C(=C(\O)c2ccc(OC)cc2C)C1c1ccccn1. The molecule has 1 unspecified atom stereocenters. The molecule has 0 spiro atoms. The summed E-state index contributed by atoms with van der Waals surface area (Å²) in [4.78, 5) is 34.1. The summed E-state index contributed by atoms with van der Waals surface area (Å²) in [5, 5.41) is 11.2. The molecule has 2 heterocycles. The number of aliphatic hydroxyl groups excluding tert-OH is 1. The molecule has 0 bridgehead atoms. The van der Waals surface area contributed by atoms with Crippen LogP contribution in [0.4, 0.5) is 0 Å². The van der Waals surface area contributed by atoms with E-state index < -0.39 is 17.7 Å². The van der Waals surface area contributed by atoms with E-state index in [2.05, 4.69) is 23.7 Å². The summed E-state index contributed by atoms with van der Waals surface area (Å²) in [6.07, 6.45) is 1.62. The summed E-state index contributed by atoms with van der Waals surface area (Å²) in [7, 11) is 1.57. The number of methoxy groups -OCH3 is 1. The highest BCUT2D eigenvalue weighted by molar-refractivity contribution is 6.46. The van der Waals surface area contributed by atoms with E-state index in [-0.39, 0.29) is 11.3 Å². The number of rotatable bonds is 8. The molecule has 7 heteroatoms. The van der Waals surface area contributed by atoms with Crippen LogP contribution in [-0.2, 0) is 9.59 Å². The van der Waals surface area contributed by atoms with E-state index in [1.54, 1.807) is 43.6 Å². The van der Waals surface area contributed by atoms with Crippen LogP contribution in [0.5, 0.6) is 5.75 Å². The molecule has 3 rings (SSSR count). The lowest BCUT2D eigenvalue weighted by atomic mass is 9.96. The molecule has 164 valence electrons. The van der Waals surface area contributed by atoms with E-state index in [0.29, 0.717) is 30.1 Å². The monoisotopic (exact) mass is 423 g/mol. The third kappa shape index (κ3) is 4.46. The van der Waals surface area contributed by atoms with Crippen molar-refractivity contribution in [1.29, 1.82) is 0 Å². The van der Waals surface area contributed by atoms with E-state index in [1.165, 1.54) is 4.90 Å². The van der Waals surface area contributed by atoms with Gasteiger partial charge in [0, 0.05) is 24.8 Å². The van der Waals surface area contributed by atoms with Crippen molar-refractivity contribution in [2.45, 2.75) is 26.8 Å². The van der Waals surface area contributed by atoms with Crippen LogP contribution in [-0.4, -0.2) is 64.9 Å². The lowest BCUT2D eigenvalue weighted by molar-refractivity contribution is -0.140. The van der Waals surface area contributed by atoms with Gasteiger partial charge in [-0.1, -0.05) is 19.9 Å². The van der Waals surface area contributed by atoms with Crippen molar-refractivity contribution in [3.8, 4) is 5.75 Å². The number of hydrogen-bond acceptors (Lipinski definition) is 6. The molecule has 1 amide bonds. The van der Waals surface area contributed by atoms with Gasteiger partial charge in [0.25, 0.3) is 11.7 Å². The number of likely N-dealkylation sites (tertiary alicyclic amines) is 1. The van der Waals surface area contributed by atoms with Gasteiger partial charge in [-0.05, 0) is 55.9 Å². The molecule has 1 atom stereocenters. The van der Waals surface area contributed by atoms with Crippen LogP contribution in [0.25, 0.3) is 5.76 Å². The molecule has 1 N–H and O–H groups in total. The second kappa shape index (κ2) is 9.75. The molecule has 1 aliphatic rings. The second-order valence-corrected chi connectivity index (χ2v) is 7.45. The predicted molar refractivity (Wildman–Crippen MR) is 119 cm³/mol. The van der Waals surface area contributed by atoms with E-state index >= 15 is 0 Å². The highest BCUT2D eigenvalue weighted by Gasteiger charge is 2.46. The molecule has 31 heavy (non-hydrogen) atoms. The maximum Gasteiger partial charge on any atom is 0.295 e. The molecule has 1 aromatic carbocycles. The average Bonchev–Trinajstić information content (AvgIpc) is 3.04. The number of amides is 1. The van der Waals surface area contributed by atoms with E-state index in [9.17, 15) is 14.7 Å². The molecule has 0 radical (unpaired) electrons. The second-order valence-electron chi connectivity index (χ2n) is 7.45. The number of likely N-dealkylation sites (N-methyl/N-ethyl adjacent to an activating group) is 1. The zero-order valence-electron chi connectivity index (χ0n) is 18.5. The van der Waals surface area contributed by atoms with Gasteiger partial charge >= 0.3 is 0 Å². The molecule has 0 aliphatic carbocycles. The Labute approximate surface area is 183 Å². The van der Waals surface area contributed by atoms with Crippen molar-refractivity contribution >= 4 is 17.4 Å². The minimum atomic E-state index is -0.738. The number of aryl methyl sites for hydroxylation is 1. The Morgan fingerprint density at radius 1 is 1.19 bits per heavy atom. The quantitative estimate of drug-likeness (QED) is 0.399. The Balaban J connectivity index is 2.10. The zero-order valence-corrected chi connectivity index (χ0v) is 18.5. The Morgan fingerprint density at radius 3 is 2.52 bits per heavy atom. The largest absolute Gasteiger partial charge is 0.507 e. The van der Waals surface area contributed by atoms with Crippen LogP contribution in [0.2, 0.25) is 0 Å². The number of aromatic nitrogens is 1. The molecular weight excluding hydrogens is 394 g/mol. The van der Waals surface area contributed by atoms with Crippen LogP contribution < -0.4 is 4.74 Å². The average molecular weight is 424 g/mol. The van der Waals surface area contributed by atoms with Crippen LogP contribution in [0.3, 0.4) is 0 Å². The van der Waals surface area contributed by atoms with Gasteiger partial charge in [0.1, 0.15) is 17.6 Å². The van der Waals surface area contributed by atoms with Gasteiger partial charge in [-0.2, -0.15) is 0 Å². The number of pyridine rings is 1. The number of ketones is 1. The van der Waals surface area contributed by atoms with Crippen molar-refractivity contribution in [2.75, 3.05) is 33.3 Å². The number of Topliss-reactive ketones (excluding diaryl/α,β-unsaturated/α-hetero) is 1. The van der Waals surface area contributed by atoms with Crippen LogP contribution in [0.15, 0.2) is 48.2 Å². The fraction of sp³-hybridized carbons (Fsp3) is 0.375. The van der Waals surface area contributed by atoms with E-state index in [0.717, 1.165) is 18.7 Å². The first-order valence-electron chi connectivity index (χ1n) is 10.5. The highest BCUT2D eigenvalue weighted by Crippen LogP contribution is 2.39. The fourth-order valence-corrected chi connectivity index (χ4v) is 3.92. The number of carbonyl (C=O) groups is 2. The van der Waals surface area contributed by atoms with Crippen LogP contribution >= 0.6 is 0 Å². The van der Waals surface area contributed by atoms with Crippen LogP contribution in [0.1, 0.15) is 36.7 Å². The molecule has 2 aromatic rings. The number of ether oxygens (including phenoxy) is 1. The third-order valence-electron chi connectivity index (χ3n) is 5.75. The first-order valence-corrected chi connectivity index (χ1v) is 10.5. The first-order chi connectivity index (χ1) is 14.9. The minimum Gasteiger partial charge on any atom is -0.507 e. The summed E-state index contributed by atoms with van der Waals surface area (Å²) in [5.41, 5.74) is 1.85. The fourth-order valence-electron chi connectivity index (χ4n) is 3.92. The molecule has 1 aromatic heterocycles. The number of hydrogen-bond donors (Lipinski definition) is 1. The van der Waals surface area contributed by atoms with Gasteiger partial charge < -0.3 is 19.6 Å². The molecule has 0 saturated carbocycles. The van der Waals surface area contributed by atoms with Gasteiger partial charge in [0.2, 0.25) is 0 Å². The number of aliphatic hydroxyl groups is 1. The normalized spacial score (nSPS) is 18.1. The minimum absolute atomic E-state index is 0.0662. The van der Waals surface area contributed by atoms with Crippen LogP contribution in [0, 0.1) is 6.92 Å².